The van der Waals surface area contributed by atoms with Crippen molar-refractivity contribution in [3.05, 3.63) is 72.3 Å². The lowest BCUT2D eigenvalue weighted by Gasteiger charge is -2.26. The van der Waals surface area contributed by atoms with Gasteiger partial charge in [-0.1, -0.05) is 42.5 Å². The van der Waals surface area contributed by atoms with Crippen LogP contribution in [-0.2, 0) is 9.63 Å². The van der Waals surface area contributed by atoms with Crippen molar-refractivity contribution in [3.8, 4) is 0 Å². The van der Waals surface area contributed by atoms with Crippen molar-refractivity contribution in [1.82, 2.24) is 10.0 Å². The quantitative estimate of drug-likeness (QED) is 0.498. The number of thioether (sulfide) groups is 1. The first-order chi connectivity index (χ1) is 13.1. The van der Waals surface area contributed by atoms with Gasteiger partial charge in [-0.2, -0.15) is 0 Å². The van der Waals surface area contributed by atoms with Gasteiger partial charge in [-0.25, -0.2) is 14.8 Å². The summed E-state index contributed by atoms with van der Waals surface area (Å²) >= 11 is 1.26. The fourth-order valence-electron chi connectivity index (χ4n) is 2.59. The van der Waals surface area contributed by atoms with Crippen molar-refractivity contribution in [3.63, 3.8) is 0 Å². The first kappa shape index (κ1) is 18.9. The number of aliphatic carboxylic acids is 1. The number of hydroxylamine groups is 2. The second-order valence-electron chi connectivity index (χ2n) is 5.69. The van der Waals surface area contributed by atoms with Crippen LogP contribution < -0.4 is 0 Å². The smallest absolute Gasteiger partial charge is 0.329 e. The lowest BCUT2D eigenvalue weighted by Crippen LogP contribution is -2.46. The highest BCUT2D eigenvalue weighted by Gasteiger charge is 2.31. The third-order valence-corrected chi connectivity index (χ3v) is 4.95. The molecule has 0 aliphatic rings. The molecule has 138 valence electrons. The molecule has 6 nitrogen and oxygen atoms in total. The molecule has 1 atom stereocenters. The molecule has 0 fully saturated rings. The zero-order chi connectivity index (χ0) is 19.2. The number of para-hydroxylation sites is 1. The zero-order valence-corrected chi connectivity index (χ0v) is 15.4. The van der Waals surface area contributed by atoms with Gasteiger partial charge < -0.3 is 5.11 Å². The Labute approximate surface area is 160 Å². The van der Waals surface area contributed by atoms with Gasteiger partial charge in [-0.3, -0.25) is 9.63 Å². The molecule has 1 N–H and O–H groups in total. The summed E-state index contributed by atoms with van der Waals surface area (Å²) in [5, 5.41) is 12.2. The van der Waals surface area contributed by atoms with Gasteiger partial charge in [-0.05, 0) is 24.3 Å². The van der Waals surface area contributed by atoms with Crippen LogP contribution in [0.2, 0.25) is 0 Å². The van der Waals surface area contributed by atoms with Gasteiger partial charge in [0.05, 0.1) is 17.7 Å². The number of fused-ring (bicyclic) bond motifs is 1. The number of hydrogen-bond acceptors (Lipinski definition) is 5. The number of carboxylic acids is 1. The number of carboxylic acid groups (broad SMARTS) is 1. The third-order valence-electron chi connectivity index (χ3n) is 3.95. The highest BCUT2D eigenvalue weighted by atomic mass is 32.2. The van der Waals surface area contributed by atoms with Crippen LogP contribution in [0.4, 0.5) is 0 Å². The van der Waals surface area contributed by atoms with E-state index in [-0.39, 0.29) is 5.75 Å². The molecule has 1 heterocycles. The van der Waals surface area contributed by atoms with Gasteiger partial charge in [0.2, 0.25) is 0 Å². The van der Waals surface area contributed by atoms with Gasteiger partial charge >= 0.3 is 5.97 Å². The monoisotopic (exact) mass is 382 g/mol. The van der Waals surface area contributed by atoms with Gasteiger partial charge in [-0.15, -0.1) is 11.8 Å². The van der Waals surface area contributed by atoms with Gasteiger partial charge in [0, 0.05) is 16.7 Å². The fraction of sp³-hybridized carbons (Fsp3) is 0.150. The van der Waals surface area contributed by atoms with Crippen molar-refractivity contribution < 1.29 is 19.5 Å². The SMILES string of the molecule is CON(C(=O)c1ccccc1)[C@@H](CSc1ccc2ccccc2n1)C(=O)O. The van der Waals surface area contributed by atoms with Gasteiger partial charge in [0.1, 0.15) is 0 Å². The molecule has 0 saturated heterocycles. The number of carbonyl (C=O) groups excluding carboxylic acids is 1. The van der Waals surface area contributed by atoms with Crippen LogP contribution in [0.25, 0.3) is 10.9 Å². The van der Waals surface area contributed by atoms with Crippen LogP contribution in [0.1, 0.15) is 10.4 Å². The minimum absolute atomic E-state index is 0.104. The average Bonchev–Trinajstić information content (AvgIpc) is 2.71. The first-order valence-electron chi connectivity index (χ1n) is 8.24. The van der Waals surface area contributed by atoms with E-state index in [0.29, 0.717) is 10.6 Å². The topological polar surface area (TPSA) is 79.7 Å². The zero-order valence-electron chi connectivity index (χ0n) is 14.6. The summed E-state index contributed by atoms with van der Waals surface area (Å²) in [5.74, 6) is -1.54. The minimum Gasteiger partial charge on any atom is -0.480 e. The van der Waals surface area contributed by atoms with E-state index in [2.05, 4.69) is 4.98 Å². The van der Waals surface area contributed by atoms with Gasteiger partial charge in [0.15, 0.2) is 6.04 Å². The van der Waals surface area contributed by atoms with E-state index in [1.165, 1.54) is 18.9 Å². The number of carbonyl (C=O) groups is 2. The second kappa shape index (κ2) is 8.66. The number of rotatable bonds is 7. The summed E-state index contributed by atoms with van der Waals surface area (Å²) in [6.07, 6.45) is 0. The fourth-order valence-corrected chi connectivity index (χ4v) is 3.52. The Kier molecular flexibility index (Phi) is 6.05. The Hall–Kier alpha value is -2.90. The molecule has 3 rings (SSSR count). The normalized spacial score (nSPS) is 11.9. The van der Waals surface area contributed by atoms with E-state index in [9.17, 15) is 14.7 Å². The first-order valence-corrected chi connectivity index (χ1v) is 9.23. The number of aromatic nitrogens is 1. The summed E-state index contributed by atoms with van der Waals surface area (Å²) in [5.41, 5.74) is 1.19. The number of nitrogens with zero attached hydrogens (tertiary/aromatic N) is 2. The molecule has 0 spiro atoms. The van der Waals surface area contributed by atoms with E-state index in [0.717, 1.165) is 16.0 Å². The van der Waals surface area contributed by atoms with Crippen LogP contribution >= 0.6 is 11.8 Å². The number of hydrogen-bond donors (Lipinski definition) is 1. The molecular weight excluding hydrogens is 364 g/mol. The van der Waals surface area contributed by atoms with E-state index in [4.69, 9.17) is 4.84 Å². The summed E-state index contributed by atoms with van der Waals surface area (Å²) in [6.45, 7) is 0. The van der Waals surface area contributed by atoms with Crippen LogP contribution in [-0.4, -0.2) is 45.9 Å². The predicted octanol–water partition coefficient (Wildman–Crippen LogP) is 3.48. The highest BCUT2D eigenvalue weighted by molar-refractivity contribution is 7.99. The summed E-state index contributed by atoms with van der Waals surface area (Å²) in [7, 11) is 1.29. The molecule has 0 unspecified atom stereocenters. The Morgan fingerprint density at radius 3 is 2.48 bits per heavy atom. The van der Waals surface area contributed by atoms with E-state index in [1.54, 1.807) is 30.3 Å². The predicted molar refractivity (Wildman–Crippen MR) is 104 cm³/mol. The van der Waals surface area contributed by atoms with Crippen molar-refractivity contribution >= 4 is 34.5 Å². The molecule has 2 aromatic carbocycles. The highest BCUT2D eigenvalue weighted by Crippen LogP contribution is 2.22. The molecule has 0 radical (unpaired) electrons. The third kappa shape index (κ3) is 4.45. The maximum Gasteiger partial charge on any atom is 0.329 e. The van der Waals surface area contributed by atoms with E-state index < -0.39 is 17.9 Å². The summed E-state index contributed by atoms with van der Waals surface area (Å²) < 4.78 is 0. The maximum absolute atomic E-state index is 12.6. The minimum atomic E-state index is -1.15. The van der Waals surface area contributed by atoms with Crippen molar-refractivity contribution in [1.29, 1.82) is 0 Å². The molecule has 1 aromatic heterocycles. The molecule has 7 heteroatoms. The van der Waals surface area contributed by atoms with Crippen LogP contribution in [0.15, 0.2) is 71.8 Å². The lowest BCUT2D eigenvalue weighted by atomic mass is 10.2. The molecule has 0 saturated carbocycles. The van der Waals surface area contributed by atoms with Crippen LogP contribution in [0.3, 0.4) is 0 Å². The van der Waals surface area contributed by atoms with Crippen molar-refractivity contribution in [2.45, 2.75) is 11.1 Å². The van der Waals surface area contributed by atoms with Gasteiger partial charge in [0.25, 0.3) is 5.91 Å². The molecule has 0 aliphatic carbocycles. The number of amides is 1. The van der Waals surface area contributed by atoms with Crippen molar-refractivity contribution in [2.75, 3.05) is 12.9 Å². The summed E-state index contributed by atoms with van der Waals surface area (Å²) in [6, 6.07) is 18.7. The lowest BCUT2D eigenvalue weighted by molar-refractivity contribution is -0.163. The molecule has 0 bridgehead atoms. The number of benzene rings is 2. The molecule has 27 heavy (non-hydrogen) atoms. The Balaban J connectivity index is 1.77. The molecule has 1 amide bonds. The van der Waals surface area contributed by atoms with E-state index in [1.807, 2.05) is 36.4 Å². The van der Waals surface area contributed by atoms with E-state index >= 15 is 0 Å². The molecule has 3 aromatic rings. The summed E-state index contributed by atoms with van der Waals surface area (Å²) in [4.78, 5) is 34.0. The van der Waals surface area contributed by atoms with Crippen LogP contribution in [0, 0.1) is 0 Å². The van der Waals surface area contributed by atoms with Crippen molar-refractivity contribution in [2.24, 2.45) is 0 Å². The Morgan fingerprint density at radius 2 is 1.78 bits per heavy atom. The molecular formula is C20H18N2O4S. The number of pyridine rings is 1. The maximum atomic E-state index is 12.6. The Bertz CT molecular complexity index is 949. The average molecular weight is 382 g/mol. The molecule has 0 aliphatic heterocycles. The largest absolute Gasteiger partial charge is 0.480 e. The van der Waals surface area contributed by atoms with Crippen LogP contribution in [0.5, 0.6) is 0 Å². The Morgan fingerprint density at radius 1 is 1.07 bits per heavy atom. The standard InChI is InChI=1S/C20H18N2O4S/c1-26-22(19(23)15-8-3-2-4-9-15)17(20(24)25)13-27-18-12-11-14-7-5-6-10-16(14)21-18/h2-12,17H,13H2,1H3,(H,24,25)/t17-/m0/s1. The second-order valence-corrected chi connectivity index (χ2v) is 6.73.